The lowest BCUT2D eigenvalue weighted by Gasteiger charge is -2.27. The third-order valence-corrected chi connectivity index (χ3v) is 4.27. The summed E-state index contributed by atoms with van der Waals surface area (Å²) >= 11 is 8.01. The molecule has 1 atom stereocenters. The minimum atomic E-state index is -0.0624. The smallest absolute Gasteiger partial charge is 0.191 e. The quantitative estimate of drug-likeness (QED) is 0.685. The Bertz CT molecular complexity index is 463. The summed E-state index contributed by atoms with van der Waals surface area (Å²) in [5, 5.41) is 0.615. The van der Waals surface area contributed by atoms with Crippen molar-refractivity contribution in [2.24, 2.45) is 10.7 Å². The predicted molar refractivity (Wildman–Crippen MR) is 86.9 cm³/mol. The third kappa shape index (κ3) is 4.49. The highest BCUT2D eigenvalue weighted by Crippen LogP contribution is 2.24. The van der Waals surface area contributed by atoms with E-state index in [0.29, 0.717) is 23.3 Å². The van der Waals surface area contributed by atoms with E-state index in [1.54, 1.807) is 0 Å². The number of benzene rings is 1. The zero-order valence-corrected chi connectivity index (χ0v) is 13.2. The normalized spacial score (nSPS) is 17.9. The molecular formula is C14H20ClN3OS. The Labute approximate surface area is 129 Å². The summed E-state index contributed by atoms with van der Waals surface area (Å²) in [6.07, 6.45) is -0.0624. The number of halogens is 1. The summed E-state index contributed by atoms with van der Waals surface area (Å²) in [5.74, 6) is 3.52. The summed E-state index contributed by atoms with van der Waals surface area (Å²) in [6.45, 7) is 4.44. The van der Waals surface area contributed by atoms with Gasteiger partial charge in [-0.25, -0.2) is 4.99 Å². The summed E-state index contributed by atoms with van der Waals surface area (Å²) < 4.78 is 5.77. The van der Waals surface area contributed by atoms with E-state index in [9.17, 15) is 0 Å². The molecule has 1 fully saturated rings. The largest absolute Gasteiger partial charge is 0.487 e. The minimum absolute atomic E-state index is 0.0624. The zero-order chi connectivity index (χ0) is 14.4. The topological polar surface area (TPSA) is 50.8 Å². The number of thioether (sulfide) groups is 1. The molecule has 1 aliphatic rings. The molecule has 0 amide bonds. The van der Waals surface area contributed by atoms with Crippen LogP contribution in [0.5, 0.6) is 5.75 Å². The summed E-state index contributed by atoms with van der Waals surface area (Å²) in [4.78, 5) is 6.54. The molecule has 0 radical (unpaired) electrons. The highest BCUT2D eigenvalue weighted by Gasteiger charge is 2.13. The van der Waals surface area contributed by atoms with E-state index >= 15 is 0 Å². The minimum Gasteiger partial charge on any atom is -0.487 e. The first kappa shape index (κ1) is 15.3. The van der Waals surface area contributed by atoms with Gasteiger partial charge in [0.15, 0.2) is 5.96 Å². The van der Waals surface area contributed by atoms with Crippen LogP contribution in [0.4, 0.5) is 0 Å². The maximum Gasteiger partial charge on any atom is 0.191 e. The van der Waals surface area contributed by atoms with Gasteiger partial charge < -0.3 is 15.4 Å². The van der Waals surface area contributed by atoms with Crippen LogP contribution in [0.2, 0.25) is 5.02 Å². The van der Waals surface area contributed by atoms with Crippen LogP contribution >= 0.6 is 23.4 Å². The first-order valence-corrected chi connectivity index (χ1v) is 8.24. The van der Waals surface area contributed by atoms with Gasteiger partial charge in [0.2, 0.25) is 0 Å². The van der Waals surface area contributed by atoms with E-state index in [1.165, 1.54) is 0 Å². The average molecular weight is 314 g/mol. The maximum atomic E-state index is 6.06. The van der Waals surface area contributed by atoms with Crippen LogP contribution in [0.3, 0.4) is 0 Å². The predicted octanol–water partition coefficient (Wildman–Crippen LogP) is 2.47. The van der Waals surface area contributed by atoms with Gasteiger partial charge in [-0.05, 0) is 19.1 Å². The highest BCUT2D eigenvalue weighted by molar-refractivity contribution is 7.99. The molecule has 1 unspecified atom stereocenters. The van der Waals surface area contributed by atoms with Gasteiger partial charge in [-0.3, -0.25) is 0 Å². The zero-order valence-electron chi connectivity index (χ0n) is 11.6. The van der Waals surface area contributed by atoms with E-state index in [4.69, 9.17) is 22.1 Å². The van der Waals surface area contributed by atoms with Crippen LogP contribution in [-0.2, 0) is 0 Å². The van der Waals surface area contributed by atoms with Crippen LogP contribution in [-0.4, -0.2) is 48.1 Å². The van der Waals surface area contributed by atoms with E-state index in [1.807, 2.05) is 43.0 Å². The van der Waals surface area contributed by atoms with Crippen molar-refractivity contribution in [3.8, 4) is 5.75 Å². The number of nitrogens with two attached hydrogens (primary N) is 1. The van der Waals surface area contributed by atoms with Gasteiger partial charge >= 0.3 is 0 Å². The fraction of sp³-hybridized carbons (Fsp3) is 0.500. The van der Waals surface area contributed by atoms with Crippen LogP contribution in [0.15, 0.2) is 29.3 Å². The van der Waals surface area contributed by atoms with Crippen molar-refractivity contribution < 1.29 is 4.74 Å². The number of para-hydroxylation sites is 1. The number of guanidine groups is 1. The second kappa shape index (κ2) is 7.64. The molecule has 6 heteroatoms. The molecule has 0 bridgehead atoms. The highest BCUT2D eigenvalue weighted by atomic mass is 35.5. The Morgan fingerprint density at radius 2 is 2.15 bits per heavy atom. The number of ether oxygens (including phenoxy) is 1. The second-order valence-electron chi connectivity index (χ2n) is 4.66. The second-order valence-corrected chi connectivity index (χ2v) is 6.29. The Hall–Kier alpha value is -1.07. The molecular weight excluding hydrogens is 294 g/mol. The van der Waals surface area contributed by atoms with Crippen LogP contribution in [0.1, 0.15) is 6.92 Å². The Morgan fingerprint density at radius 3 is 2.85 bits per heavy atom. The molecule has 0 aliphatic carbocycles. The molecule has 1 heterocycles. The first-order chi connectivity index (χ1) is 9.66. The van der Waals surface area contributed by atoms with Crippen LogP contribution in [0.25, 0.3) is 0 Å². The van der Waals surface area contributed by atoms with Gasteiger partial charge in [-0.2, -0.15) is 11.8 Å². The molecule has 0 spiro atoms. The SMILES string of the molecule is CC(CN=C(N)N1CCSCC1)Oc1ccccc1Cl. The maximum absolute atomic E-state index is 6.06. The average Bonchev–Trinajstić information content (AvgIpc) is 2.48. The van der Waals surface area contributed by atoms with Crippen molar-refractivity contribution in [3.05, 3.63) is 29.3 Å². The van der Waals surface area contributed by atoms with Crippen molar-refractivity contribution in [2.45, 2.75) is 13.0 Å². The van der Waals surface area contributed by atoms with Gasteiger partial charge in [-0.15, -0.1) is 0 Å². The summed E-state index contributed by atoms with van der Waals surface area (Å²) in [7, 11) is 0. The number of nitrogens with zero attached hydrogens (tertiary/aromatic N) is 2. The molecule has 110 valence electrons. The number of aliphatic imine (C=N–C) groups is 1. The fourth-order valence-corrected chi connectivity index (χ4v) is 2.99. The number of hydrogen-bond donors (Lipinski definition) is 1. The third-order valence-electron chi connectivity index (χ3n) is 3.01. The number of rotatable bonds is 4. The first-order valence-electron chi connectivity index (χ1n) is 6.70. The molecule has 1 aromatic carbocycles. The monoisotopic (exact) mass is 313 g/mol. The molecule has 4 nitrogen and oxygen atoms in total. The lowest BCUT2D eigenvalue weighted by Crippen LogP contribution is -2.43. The number of hydrogen-bond acceptors (Lipinski definition) is 3. The summed E-state index contributed by atoms with van der Waals surface area (Å²) in [6, 6.07) is 7.45. The Balaban J connectivity index is 1.85. The molecule has 0 saturated carbocycles. The standard InChI is InChI=1S/C14H20ClN3OS/c1-11(19-13-5-3-2-4-12(13)15)10-17-14(16)18-6-8-20-9-7-18/h2-5,11H,6-10H2,1H3,(H2,16,17). The van der Waals surface area contributed by atoms with E-state index in [2.05, 4.69) is 9.89 Å². The van der Waals surface area contributed by atoms with E-state index < -0.39 is 0 Å². The van der Waals surface area contributed by atoms with Gasteiger partial charge in [0.05, 0.1) is 11.6 Å². The summed E-state index contributed by atoms with van der Waals surface area (Å²) in [5.41, 5.74) is 6.01. The lowest BCUT2D eigenvalue weighted by atomic mass is 10.3. The lowest BCUT2D eigenvalue weighted by molar-refractivity contribution is 0.230. The molecule has 0 aromatic heterocycles. The molecule has 2 rings (SSSR count). The van der Waals surface area contributed by atoms with Crippen molar-refractivity contribution in [2.75, 3.05) is 31.1 Å². The van der Waals surface area contributed by atoms with E-state index in [-0.39, 0.29) is 6.10 Å². The van der Waals surface area contributed by atoms with Crippen LogP contribution in [0, 0.1) is 0 Å². The Kier molecular flexibility index (Phi) is 5.86. The molecule has 1 saturated heterocycles. The van der Waals surface area contributed by atoms with Gasteiger partial charge in [0, 0.05) is 24.6 Å². The van der Waals surface area contributed by atoms with Crippen molar-refractivity contribution in [3.63, 3.8) is 0 Å². The molecule has 2 N–H and O–H groups in total. The van der Waals surface area contributed by atoms with Gasteiger partial charge in [0.25, 0.3) is 0 Å². The van der Waals surface area contributed by atoms with E-state index in [0.717, 1.165) is 24.6 Å². The van der Waals surface area contributed by atoms with Gasteiger partial charge in [0.1, 0.15) is 11.9 Å². The van der Waals surface area contributed by atoms with Crippen molar-refractivity contribution in [1.29, 1.82) is 0 Å². The van der Waals surface area contributed by atoms with Crippen LogP contribution < -0.4 is 10.5 Å². The van der Waals surface area contributed by atoms with Crippen molar-refractivity contribution in [1.82, 2.24) is 4.90 Å². The van der Waals surface area contributed by atoms with Gasteiger partial charge in [-0.1, -0.05) is 23.7 Å². The Morgan fingerprint density at radius 1 is 1.45 bits per heavy atom. The van der Waals surface area contributed by atoms with Crippen molar-refractivity contribution >= 4 is 29.3 Å². The molecule has 1 aromatic rings. The molecule has 1 aliphatic heterocycles. The molecule has 20 heavy (non-hydrogen) atoms. The fourth-order valence-electron chi connectivity index (χ4n) is 1.91.